The van der Waals surface area contributed by atoms with E-state index in [9.17, 15) is 19.2 Å². The zero-order chi connectivity index (χ0) is 31.3. The second kappa shape index (κ2) is 13.3. The number of nitrogens with zero attached hydrogens (tertiary/aromatic N) is 3. The molecule has 2 aliphatic heterocycles. The molecule has 0 bridgehead atoms. The molecule has 0 spiro atoms. The molecular weight excluding hydrogens is 586 g/mol. The predicted octanol–water partition coefficient (Wildman–Crippen LogP) is 5.37. The quantitative estimate of drug-likeness (QED) is 0.258. The Hall–Kier alpha value is -5.09. The SMILES string of the molecule is CC(=O)N1CCC[C@H]1C(=O)Nc1ccc(-c2nc(-c3ccc(NC(=O)[C@@H]4C=CCN4C(=O)Cc4ccccc4)cc3)cs2)cc1. The molecule has 2 N–H and O–H groups in total. The number of likely N-dealkylation sites (tertiary alicyclic amines) is 1. The Bertz CT molecular complexity index is 1730. The van der Waals surface area contributed by atoms with Gasteiger partial charge in [-0.1, -0.05) is 54.6 Å². The lowest BCUT2D eigenvalue weighted by Crippen LogP contribution is -2.44. The van der Waals surface area contributed by atoms with Gasteiger partial charge in [0.05, 0.1) is 12.1 Å². The van der Waals surface area contributed by atoms with Gasteiger partial charge in [0.25, 0.3) is 5.91 Å². The molecule has 1 saturated heterocycles. The summed E-state index contributed by atoms with van der Waals surface area (Å²) >= 11 is 1.52. The fraction of sp³-hybridized carbons (Fsp3) is 0.229. The van der Waals surface area contributed by atoms with Gasteiger partial charge in [0.15, 0.2) is 0 Å². The minimum absolute atomic E-state index is 0.0809. The highest BCUT2D eigenvalue weighted by molar-refractivity contribution is 7.13. The van der Waals surface area contributed by atoms with E-state index in [2.05, 4.69) is 10.6 Å². The number of amides is 4. The summed E-state index contributed by atoms with van der Waals surface area (Å²) in [5, 5.41) is 8.69. The third-order valence-electron chi connectivity index (χ3n) is 8.06. The summed E-state index contributed by atoms with van der Waals surface area (Å²) in [7, 11) is 0. The summed E-state index contributed by atoms with van der Waals surface area (Å²) < 4.78 is 0. The summed E-state index contributed by atoms with van der Waals surface area (Å²) in [6.45, 7) is 2.52. The van der Waals surface area contributed by atoms with Crippen LogP contribution >= 0.6 is 11.3 Å². The summed E-state index contributed by atoms with van der Waals surface area (Å²) in [5.41, 5.74) is 4.87. The van der Waals surface area contributed by atoms with Gasteiger partial charge in [-0.2, -0.15) is 0 Å². The van der Waals surface area contributed by atoms with Crippen LogP contribution in [0, 0.1) is 0 Å². The summed E-state index contributed by atoms with van der Waals surface area (Å²) in [6.07, 6.45) is 5.36. The minimum atomic E-state index is -0.653. The molecule has 4 amide bonds. The van der Waals surface area contributed by atoms with E-state index in [0.29, 0.717) is 30.9 Å². The fourth-order valence-electron chi connectivity index (χ4n) is 5.70. The molecule has 228 valence electrons. The van der Waals surface area contributed by atoms with Crippen molar-refractivity contribution in [3.8, 4) is 21.8 Å². The molecular formula is C35H33N5O4S. The summed E-state index contributed by atoms with van der Waals surface area (Å²) in [6, 6.07) is 23.4. The zero-order valence-electron chi connectivity index (χ0n) is 24.8. The first-order valence-electron chi connectivity index (χ1n) is 14.9. The second-order valence-corrected chi connectivity index (χ2v) is 12.0. The second-order valence-electron chi connectivity index (χ2n) is 11.1. The van der Waals surface area contributed by atoms with Crippen molar-refractivity contribution < 1.29 is 19.2 Å². The number of hydrogen-bond acceptors (Lipinski definition) is 6. The Labute approximate surface area is 265 Å². The monoisotopic (exact) mass is 619 g/mol. The van der Waals surface area contributed by atoms with Crippen LogP contribution in [0.1, 0.15) is 25.3 Å². The van der Waals surface area contributed by atoms with Crippen molar-refractivity contribution in [3.63, 3.8) is 0 Å². The van der Waals surface area contributed by atoms with Crippen molar-refractivity contribution in [1.29, 1.82) is 0 Å². The van der Waals surface area contributed by atoms with E-state index < -0.39 is 12.1 Å². The van der Waals surface area contributed by atoms with Gasteiger partial charge in [0.1, 0.15) is 17.1 Å². The molecule has 0 aliphatic carbocycles. The van der Waals surface area contributed by atoms with E-state index in [4.69, 9.17) is 4.98 Å². The van der Waals surface area contributed by atoms with Gasteiger partial charge in [0.2, 0.25) is 17.7 Å². The molecule has 6 rings (SSSR count). The van der Waals surface area contributed by atoms with Gasteiger partial charge >= 0.3 is 0 Å². The first kappa shape index (κ1) is 30.0. The number of rotatable bonds is 8. The maximum atomic E-state index is 13.1. The van der Waals surface area contributed by atoms with E-state index in [-0.39, 0.29) is 30.0 Å². The molecule has 3 heterocycles. The molecule has 45 heavy (non-hydrogen) atoms. The lowest BCUT2D eigenvalue weighted by Gasteiger charge is -2.24. The normalized spacial score (nSPS) is 17.4. The van der Waals surface area contributed by atoms with E-state index >= 15 is 0 Å². The molecule has 4 aromatic rings. The minimum Gasteiger partial charge on any atom is -0.331 e. The number of carbonyl (C=O) groups is 4. The van der Waals surface area contributed by atoms with Crippen LogP contribution in [0.25, 0.3) is 21.8 Å². The molecule has 9 nitrogen and oxygen atoms in total. The van der Waals surface area contributed by atoms with Crippen LogP contribution in [0.5, 0.6) is 0 Å². The Morgan fingerprint density at radius 2 is 1.51 bits per heavy atom. The molecule has 2 atom stereocenters. The standard InChI is InChI=1S/C35H33N5O4S/c1-23(41)39-19-5-9-30(39)33(43)36-28-17-13-26(14-18-28)35-38-29(22-45-35)25-11-15-27(16-12-25)37-34(44)31-10-6-20-40(31)32(42)21-24-7-3-2-4-8-24/h2-4,6-8,10-18,22,30-31H,5,9,19-21H2,1H3,(H,36,43)(H,37,44)/t30-,31-/m0/s1. The lowest BCUT2D eigenvalue weighted by atomic mass is 10.1. The van der Waals surface area contributed by atoms with E-state index in [1.807, 2.05) is 90.3 Å². The predicted molar refractivity (Wildman–Crippen MR) is 175 cm³/mol. The maximum absolute atomic E-state index is 13.1. The van der Waals surface area contributed by atoms with Crippen molar-refractivity contribution in [2.45, 2.75) is 38.3 Å². The van der Waals surface area contributed by atoms with Crippen molar-refractivity contribution >= 4 is 46.3 Å². The molecule has 0 unspecified atom stereocenters. The number of aromatic nitrogens is 1. The average molecular weight is 620 g/mol. The van der Waals surface area contributed by atoms with Crippen molar-refractivity contribution in [2.75, 3.05) is 23.7 Å². The molecule has 3 aromatic carbocycles. The number of thiazole rings is 1. The maximum Gasteiger partial charge on any atom is 0.251 e. The van der Waals surface area contributed by atoms with Crippen LogP contribution in [0.3, 0.4) is 0 Å². The Kier molecular flexibility index (Phi) is 8.84. The number of hydrogen-bond donors (Lipinski definition) is 2. The van der Waals surface area contributed by atoms with Gasteiger partial charge in [0, 0.05) is 47.9 Å². The third-order valence-corrected chi connectivity index (χ3v) is 8.95. The molecule has 10 heteroatoms. The molecule has 0 radical (unpaired) electrons. The highest BCUT2D eigenvalue weighted by Gasteiger charge is 2.32. The first-order valence-corrected chi connectivity index (χ1v) is 15.8. The van der Waals surface area contributed by atoms with Gasteiger partial charge in [-0.25, -0.2) is 4.98 Å². The van der Waals surface area contributed by atoms with Crippen LogP contribution in [-0.4, -0.2) is 63.6 Å². The van der Waals surface area contributed by atoms with Crippen LogP contribution in [0.4, 0.5) is 11.4 Å². The lowest BCUT2D eigenvalue weighted by molar-refractivity contribution is -0.135. The Morgan fingerprint density at radius 1 is 0.844 bits per heavy atom. The van der Waals surface area contributed by atoms with Crippen LogP contribution in [-0.2, 0) is 25.6 Å². The summed E-state index contributed by atoms with van der Waals surface area (Å²) in [4.78, 5) is 58.5. The number of benzene rings is 3. The Balaban J connectivity index is 1.05. The fourth-order valence-corrected chi connectivity index (χ4v) is 6.53. The highest BCUT2D eigenvalue weighted by Crippen LogP contribution is 2.30. The molecule has 2 aliphatic rings. The van der Waals surface area contributed by atoms with Crippen LogP contribution in [0.15, 0.2) is 96.4 Å². The largest absolute Gasteiger partial charge is 0.331 e. The van der Waals surface area contributed by atoms with Crippen molar-refractivity contribution in [1.82, 2.24) is 14.8 Å². The van der Waals surface area contributed by atoms with Crippen molar-refractivity contribution in [3.05, 3.63) is 102 Å². The summed E-state index contributed by atoms with van der Waals surface area (Å²) in [5.74, 6) is -0.596. The Morgan fingerprint density at radius 3 is 2.20 bits per heavy atom. The van der Waals surface area contributed by atoms with Crippen molar-refractivity contribution in [2.24, 2.45) is 0 Å². The van der Waals surface area contributed by atoms with E-state index in [1.165, 1.54) is 18.3 Å². The van der Waals surface area contributed by atoms with Crippen LogP contribution in [0.2, 0.25) is 0 Å². The number of nitrogens with one attached hydrogen (secondary N) is 2. The molecule has 0 saturated carbocycles. The van der Waals surface area contributed by atoms with Gasteiger partial charge in [-0.15, -0.1) is 11.3 Å². The number of anilines is 2. The first-order chi connectivity index (χ1) is 21.9. The average Bonchev–Trinajstić information content (AvgIpc) is 3.84. The number of carbonyl (C=O) groups excluding carboxylic acids is 4. The smallest absolute Gasteiger partial charge is 0.251 e. The van der Waals surface area contributed by atoms with E-state index in [1.54, 1.807) is 15.9 Å². The van der Waals surface area contributed by atoms with Gasteiger partial charge in [-0.05, 0) is 54.8 Å². The topological polar surface area (TPSA) is 112 Å². The third kappa shape index (κ3) is 6.86. The highest BCUT2D eigenvalue weighted by atomic mass is 32.1. The van der Waals surface area contributed by atoms with Gasteiger partial charge < -0.3 is 20.4 Å². The zero-order valence-corrected chi connectivity index (χ0v) is 25.6. The van der Waals surface area contributed by atoms with Gasteiger partial charge in [-0.3, -0.25) is 19.2 Å². The molecule has 1 aromatic heterocycles. The molecule has 1 fully saturated rings. The van der Waals surface area contributed by atoms with E-state index in [0.717, 1.165) is 33.8 Å². The van der Waals surface area contributed by atoms with Crippen LogP contribution < -0.4 is 10.6 Å².